The number of ether oxygens (including phenoxy) is 1. The third kappa shape index (κ3) is 2.70. The summed E-state index contributed by atoms with van der Waals surface area (Å²) in [5.74, 6) is 0.963. The Labute approximate surface area is 79.1 Å². The Hall–Kier alpha value is -1.09. The van der Waals surface area contributed by atoms with Crippen molar-refractivity contribution in [2.24, 2.45) is 0 Å². The largest absolute Gasteiger partial charge is 0.492 e. The number of nitrogens with one attached hydrogen (secondary N) is 1. The highest BCUT2D eigenvalue weighted by molar-refractivity contribution is 5.30. The molecule has 0 radical (unpaired) electrons. The van der Waals surface area contributed by atoms with Crippen LogP contribution in [0.4, 0.5) is 0 Å². The molecule has 0 aromatic carbocycles. The van der Waals surface area contributed by atoms with Crippen LogP contribution in [0.25, 0.3) is 0 Å². The lowest BCUT2D eigenvalue weighted by Crippen LogP contribution is -2.16. The molecule has 0 unspecified atom stereocenters. The number of rotatable bonds is 0. The van der Waals surface area contributed by atoms with E-state index >= 15 is 0 Å². The summed E-state index contributed by atoms with van der Waals surface area (Å²) in [6.07, 6.45) is 3.60. The van der Waals surface area contributed by atoms with Crippen molar-refractivity contribution in [3.63, 3.8) is 0 Å². The monoisotopic (exact) mass is 180 g/mol. The molecule has 1 aliphatic rings. The first-order valence-corrected chi connectivity index (χ1v) is 4.73. The van der Waals surface area contributed by atoms with Crippen LogP contribution in [-0.2, 0) is 6.54 Å². The molecular weight excluding hydrogens is 164 g/mol. The lowest BCUT2D eigenvalue weighted by atomic mass is 10.2. The molecule has 3 heteroatoms. The van der Waals surface area contributed by atoms with Gasteiger partial charge in [0.1, 0.15) is 12.4 Å². The second kappa shape index (κ2) is 5.54. The lowest BCUT2D eigenvalue weighted by Gasteiger charge is -2.03. The van der Waals surface area contributed by atoms with Gasteiger partial charge < -0.3 is 10.1 Å². The van der Waals surface area contributed by atoms with Crippen LogP contribution in [0.15, 0.2) is 18.5 Å². The Kier molecular flexibility index (Phi) is 4.26. The Balaban J connectivity index is 0.000000396. The Morgan fingerprint density at radius 2 is 2.31 bits per heavy atom. The molecule has 0 saturated heterocycles. The molecule has 13 heavy (non-hydrogen) atoms. The Morgan fingerprint density at radius 3 is 3.15 bits per heavy atom. The smallest absolute Gasteiger partial charge is 0.126 e. The molecule has 0 bridgehead atoms. The van der Waals surface area contributed by atoms with Gasteiger partial charge in [0.25, 0.3) is 0 Å². The summed E-state index contributed by atoms with van der Waals surface area (Å²) in [5, 5.41) is 3.24. The van der Waals surface area contributed by atoms with E-state index in [0.29, 0.717) is 0 Å². The zero-order valence-corrected chi connectivity index (χ0v) is 8.21. The quantitative estimate of drug-likeness (QED) is 0.658. The molecule has 72 valence electrons. The van der Waals surface area contributed by atoms with Crippen LogP contribution in [0, 0.1) is 0 Å². The number of pyridine rings is 1. The van der Waals surface area contributed by atoms with Gasteiger partial charge in [-0.05, 0) is 6.07 Å². The molecular formula is C10H16N2O. The molecule has 0 saturated carbocycles. The molecule has 2 heterocycles. The normalized spacial score (nSPS) is 14.3. The fourth-order valence-corrected chi connectivity index (χ4v) is 1.14. The Morgan fingerprint density at radius 1 is 1.46 bits per heavy atom. The van der Waals surface area contributed by atoms with Gasteiger partial charge >= 0.3 is 0 Å². The standard InChI is InChI=1S/C8H10N2O.C2H6/c1-2-9-5-7-6-10-3-4-11-8(1)7;1-2/h1-2,5,10H,3-4,6H2;1-2H3. The zero-order chi connectivity index (χ0) is 9.52. The van der Waals surface area contributed by atoms with E-state index in [4.69, 9.17) is 4.74 Å². The predicted octanol–water partition coefficient (Wildman–Crippen LogP) is 1.59. The zero-order valence-electron chi connectivity index (χ0n) is 8.21. The van der Waals surface area contributed by atoms with Crippen LogP contribution in [0.1, 0.15) is 19.4 Å². The lowest BCUT2D eigenvalue weighted by molar-refractivity contribution is 0.325. The van der Waals surface area contributed by atoms with Crippen LogP contribution in [0.5, 0.6) is 5.75 Å². The fraction of sp³-hybridized carbons (Fsp3) is 0.500. The number of aromatic nitrogens is 1. The number of hydrogen-bond acceptors (Lipinski definition) is 3. The number of fused-ring (bicyclic) bond motifs is 1. The topological polar surface area (TPSA) is 34.2 Å². The van der Waals surface area contributed by atoms with Crippen molar-refractivity contribution >= 4 is 0 Å². The fourth-order valence-electron chi connectivity index (χ4n) is 1.14. The van der Waals surface area contributed by atoms with Crippen molar-refractivity contribution in [2.45, 2.75) is 20.4 Å². The Bertz CT molecular complexity index is 225. The third-order valence-corrected chi connectivity index (χ3v) is 1.71. The maximum absolute atomic E-state index is 5.45. The van der Waals surface area contributed by atoms with Crippen molar-refractivity contribution in [2.75, 3.05) is 13.2 Å². The van der Waals surface area contributed by atoms with Crippen LogP contribution >= 0.6 is 0 Å². The van der Waals surface area contributed by atoms with Crippen molar-refractivity contribution < 1.29 is 4.74 Å². The van der Waals surface area contributed by atoms with Crippen LogP contribution in [0.2, 0.25) is 0 Å². The summed E-state index contributed by atoms with van der Waals surface area (Å²) in [6.45, 7) is 6.52. The summed E-state index contributed by atoms with van der Waals surface area (Å²) in [4.78, 5) is 4.02. The van der Waals surface area contributed by atoms with Crippen molar-refractivity contribution in [3.8, 4) is 5.75 Å². The second-order valence-corrected chi connectivity index (χ2v) is 2.51. The highest BCUT2D eigenvalue weighted by Crippen LogP contribution is 2.17. The first-order chi connectivity index (χ1) is 6.47. The van der Waals surface area contributed by atoms with Gasteiger partial charge in [0, 0.05) is 31.0 Å². The SMILES string of the molecule is CC.c1cc2c(cn1)CNCCO2. The van der Waals surface area contributed by atoms with E-state index in [9.17, 15) is 0 Å². The van der Waals surface area contributed by atoms with E-state index in [1.807, 2.05) is 26.1 Å². The molecule has 3 nitrogen and oxygen atoms in total. The van der Waals surface area contributed by atoms with Gasteiger partial charge in [-0.3, -0.25) is 4.98 Å². The summed E-state index contributed by atoms with van der Waals surface area (Å²) in [6, 6.07) is 1.91. The molecule has 0 atom stereocenters. The van der Waals surface area contributed by atoms with Crippen LogP contribution in [0.3, 0.4) is 0 Å². The van der Waals surface area contributed by atoms with E-state index in [-0.39, 0.29) is 0 Å². The van der Waals surface area contributed by atoms with E-state index in [1.165, 1.54) is 0 Å². The third-order valence-electron chi connectivity index (χ3n) is 1.71. The highest BCUT2D eigenvalue weighted by Gasteiger charge is 2.05. The van der Waals surface area contributed by atoms with Gasteiger partial charge in [-0.25, -0.2) is 0 Å². The van der Waals surface area contributed by atoms with Crippen LogP contribution in [-0.4, -0.2) is 18.1 Å². The minimum absolute atomic E-state index is 0.747. The average molecular weight is 180 g/mol. The van der Waals surface area contributed by atoms with Gasteiger partial charge in [0.2, 0.25) is 0 Å². The highest BCUT2D eigenvalue weighted by atomic mass is 16.5. The second-order valence-electron chi connectivity index (χ2n) is 2.51. The maximum Gasteiger partial charge on any atom is 0.126 e. The molecule has 1 N–H and O–H groups in total. The summed E-state index contributed by atoms with van der Waals surface area (Å²) in [7, 11) is 0. The minimum Gasteiger partial charge on any atom is -0.492 e. The maximum atomic E-state index is 5.45. The van der Waals surface area contributed by atoms with E-state index in [2.05, 4.69) is 10.3 Å². The number of hydrogen-bond donors (Lipinski definition) is 1. The van der Waals surface area contributed by atoms with Gasteiger partial charge in [-0.15, -0.1) is 0 Å². The molecule has 1 aromatic heterocycles. The molecule has 1 aromatic rings. The van der Waals surface area contributed by atoms with Gasteiger partial charge in [-0.1, -0.05) is 13.8 Å². The molecule has 0 amide bonds. The number of nitrogens with zero attached hydrogens (tertiary/aromatic N) is 1. The van der Waals surface area contributed by atoms with Crippen LogP contribution < -0.4 is 10.1 Å². The van der Waals surface area contributed by atoms with Gasteiger partial charge in [-0.2, -0.15) is 0 Å². The van der Waals surface area contributed by atoms with E-state index in [1.54, 1.807) is 6.20 Å². The van der Waals surface area contributed by atoms with Gasteiger partial charge in [0.15, 0.2) is 0 Å². The molecule has 1 aliphatic heterocycles. The van der Waals surface area contributed by atoms with Crippen molar-refractivity contribution in [3.05, 3.63) is 24.0 Å². The van der Waals surface area contributed by atoms with Crippen molar-refractivity contribution in [1.82, 2.24) is 10.3 Å². The van der Waals surface area contributed by atoms with Crippen molar-refractivity contribution in [1.29, 1.82) is 0 Å². The molecule has 2 rings (SSSR count). The summed E-state index contributed by atoms with van der Waals surface area (Å²) in [5.41, 5.74) is 1.14. The molecule has 0 fully saturated rings. The summed E-state index contributed by atoms with van der Waals surface area (Å²) < 4.78 is 5.45. The van der Waals surface area contributed by atoms with E-state index < -0.39 is 0 Å². The minimum atomic E-state index is 0.747. The average Bonchev–Trinajstić information content (AvgIpc) is 2.45. The van der Waals surface area contributed by atoms with Gasteiger partial charge in [0.05, 0.1) is 0 Å². The first kappa shape index (κ1) is 9.99. The van der Waals surface area contributed by atoms with E-state index in [0.717, 1.165) is 31.0 Å². The molecule has 0 spiro atoms. The predicted molar refractivity (Wildman–Crippen MR) is 52.8 cm³/mol. The molecule has 0 aliphatic carbocycles. The first-order valence-electron chi connectivity index (χ1n) is 4.73. The summed E-state index contributed by atoms with van der Waals surface area (Å²) >= 11 is 0.